The largest absolute Gasteiger partial charge is 0.490 e. The average molecular weight is 170 g/mol. The van der Waals surface area contributed by atoms with Gasteiger partial charge in [0, 0.05) is 23.8 Å². The Morgan fingerprint density at radius 1 is 1.58 bits per heavy atom. The van der Waals surface area contributed by atoms with Gasteiger partial charge in [-0.2, -0.15) is 4.39 Å². The highest BCUT2D eigenvalue weighted by atomic mass is 19.1. The number of rotatable bonds is 2. The molecule has 1 rings (SSSR count). The van der Waals surface area contributed by atoms with Crippen LogP contribution in [0.2, 0.25) is 0 Å². The second-order valence-corrected chi connectivity index (χ2v) is 2.30. The molecule has 1 aromatic rings. The summed E-state index contributed by atoms with van der Waals surface area (Å²) in [5.74, 6) is -0.679. The van der Waals surface area contributed by atoms with Crippen LogP contribution in [-0.4, -0.2) is 22.2 Å². The Labute approximate surface area is 69.0 Å². The second-order valence-electron chi connectivity index (χ2n) is 2.30. The SMILES string of the molecule is NCc1cc(B(O)O)cnc1F. The first kappa shape index (κ1) is 9.12. The first-order chi connectivity index (χ1) is 5.65. The molecule has 0 radical (unpaired) electrons. The summed E-state index contributed by atoms with van der Waals surface area (Å²) < 4.78 is 12.7. The van der Waals surface area contributed by atoms with Crippen molar-refractivity contribution in [3.8, 4) is 0 Å². The molecule has 0 saturated heterocycles. The van der Waals surface area contributed by atoms with E-state index in [2.05, 4.69) is 4.98 Å². The van der Waals surface area contributed by atoms with E-state index in [0.29, 0.717) is 0 Å². The Bertz CT molecular complexity index is 282. The molecule has 0 atom stereocenters. The zero-order chi connectivity index (χ0) is 9.14. The Kier molecular flexibility index (Phi) is 2.75. The van der Waals surface area contributed by atoms with E-state index < -0.39 is 13.1 Å². The van der Waals surface area contributed by atoms with Crippen molar-refractivity contribution < 1.29 is 14.4 Å². The molecule has 4 nitrogen and oxygen atoms in total. The predicted octanol–water partition coefficient (Wildman–Crippen LogP) is -1.64. The summed E-state index contributed by atoms with van der Waals surface area (Å²) in [4.78, 5) is 3.30. The van der Waals surface area contributed by atoms with Gasteiger partial charge >= 0.3 is 7.12 Å². The third kappa shape index (κ3) is 1.79. The fraction of sp³-hybridized carbons (Fsp3) is 0.167. The Morgan fingerprint density at radius 2 is 2.25 bits per heavy atom. The normalized spacial score (nSPS) is 10.0. The maximum Gasteiger partial charge on any atom is 0.490 e. The zero-order valence-corrected chi connectivity index (χ0v) is 6.24. The summed E-state index contributed by atoms with van der Waals surface area (Å²) in [6.07, 6.45) is 1.05. The van der Waals surface area contributed by atoms with Crippen LogP contribution in [0.5, 0.6) is 0 Å². The fourth-order valence-electron chi connectivity index (χ4n) is 0.796. The zero-order valence-electron chi connectivity index (χ0n) is 6.24. The van der Waals surface area contributed by atoms with E-state index in [1.807, 2.05) is 0 Å². The number of halogens is 1. The van der Waals surface area contributed by atoms with Gasteiger partial charge in [-0.15, -0.1) is 0 Å². The molecule has 64 valence electrons. The molecule has 12 heavy (non-hydrogen) atoms. The minimum atomic E-state index is -1.64. The van der Waals surface area contributed by atoms with Gasteiger partial charge in [-0.05, 0) is 0 Å². The number of hydrogen-bond donors (Lipinski definition) is 3. The number of aromatic nitrogens is 1. The molecule has 0 saturated carbocycles. The van der Waals surface area contributed by atoms with E-state index in [-0.39, 0.29) is 17.6 Å². The van der Waals surface area contributed by atoms with Crippen LogP contribution in [0, 0.1) is 5.95 Å². The van der Waals surface area contributed by atoms with Crippen LogP contribution in [0.15, 0.2) is 12.3 Å². The van der Waals surface area contributed by atoms with Crippen LogP contribution in [-0.2, 0) is 6.54 Å². The highest BCUT2D eigenvalue weighted by Crippen LogP contribution is 1.99. The molecule has 0 amide bonds. The highest BCUT2D eigenvalue weighted by molar-refractivity contribution is 6.58. The third-order valence-corrected chi connectivity index (χ3v) is 1.45. The van der Waals surface area contributed by atoms with Crippen LogP contribution in [0.3, 0.4) is 0 Å². The van der Waals surface area contributed by atoms with Gasteiger partial charge in [-0.1, -0.05) is 6.07 Å². The molecular weight excluding hydrogens is 162 g/mol. The molecule has 0 aromatic carbocycles. The molecule has 0 aliphatic carbocycles. The molecular formula is C6H8BFN2O2. The van der Waals surface area contributed by atoms with E-state index >= 15 is 0 Å². The molecule has 0 aliphatic heterocycles. The lowest BCUT2D eigenvalue weighted by molar-refractivity contribution is 0.425. The first-order valence-corrected chi connectivity index (χ1v) is 3.35. The molecule has 0 fully saturated rings. The molecule has 6 heteroatoms. The molecule has 1 heterocycles. The summed E-state index contributed by atoms with van der Waals surface area (Å²) in [5.41, 5.74) is 5.48. The topological polar surface area (TPSA) is 79.4 Å². The van der Waals surface area contributed by atoms with Gasteiger partial charge in [0.25, 0.3) is 0 Å². The van der Waals surface area contributed by atoms with Crippen molar-refractivity contribution in [2.75, 3.05) is 0 Å². The van der Waals surface area contributed by atoms with Crippen molar-refractivity contribution in [3.05, 3.63) is 23.8 Å². The molecule has 0 spiro atoms. The summed E-state index contributed by atoms with van der Waals surface area (Å²) in [6, 6.07) is 1.27. The van der Waals surface area contributed by atoms with Crippen LogP contribution < -0.4 is 11.2 Å². The Balaban J connectivity index is 3.05. The Morgan fingerprint density at radius 3 is 2.75 bits per heavy atom. The van der Waals surface area contributed by atoms with Crippen LogP contribution in [0.1, 0.15) is 5.56 Å². The summed E-state index contributed by atoms with van der Waals surface area (Å²) in [5, 5.41) is 17.4. The monoisotopic (exact) mass is 170 g/mol. The standard InChI is InChI=1S/C6H8BFN2O2/c8-6-4(2-9)1-5(3-10-6)7(11)12/h1,3,11-12H,2,9H2. The van der Waals surface area contributed by atoms with E-state index in [9.17, 15) is 4.39 Å². The van der Waals surface area contributed by atoms with Gasteiger partial charge in [0.15, 0.2) is 0 Å². The first-order valence-electron chi connectivity index (χ1n) is 3.35. The van der Waals surface area contributed by atoms with Gasteiger partial charge in [-0.3, -0.25) is 0 Å². The summed E-state index contributed by atoms with van der Waals surface area (Å²) >= 11 is 0. The van der Waals surface area contributed by atoms with E-state index in [4.69, 9.17) is 15.8 Å². The van der Waals surface area contributed by atoms with Gasteiger partial charge in [-0.25, -0.2) is 4.98 Å². The highest BCUT2D eigenvalue weighted by Gasteiger charge is 2.13. The van der Waals surface area contributed by atoms with Gasteiger partial charge in [0.1, 0.15) is 0 Å². The minimum absolute atomic E-state index is 0.0145. The summed E-state index contributed by atoms with van der Waals surface area (Å²) in [6.45, 7) is -0.0145. The van der Waals surface area contributed by atoms with Crippen molar-refractivity contribution in [2.45, 2.75) is 6.54 Å². The smallest absolute Gasteiger partial charge is 0.423 e. The lowest BCUT2D eigenvalue weighted by atomic mass is 9.81. The number of hydrogen-bond acceptors (Lipinski definition) is 4. The van der Waals surface area contributed by atoms with Gasteiger partial charge in [0.05, 0.1) is 0 Å². The molecule has 0 bridgehead atoms. The predicted molar refractivity (Wildman–Crippen MR) is 41.9 cm³/mol. The van der Waals surface area contributed by atoms with Crippen molar-refractivity contribution in [3.63, 3.8) is 0 Å². The number of pyridine rings is 1. The lowest BCUT2D eigenvalue weighted by Crippen LogP contribution is -2.31. The van der Waals surface area contributed by atoms with Crippen molar-refractivity contribution in [2.24, 2.45) is 5.73 Å². The van der Waals surface area contributed by atoms with E-state index in [0.717, 1.165) is 6.20 Å². The van der Waals surface area contributed by atoms with Crippen molar-refractivity contribution in [1.29, 1.82) is 0 Å². The molecule has 0 unspecified atom stereocenters. The minimum Gasteiger partial charge on any atom is -0.423 e. The molecule has 0 aliphatic rings. The van der Waals surface area contributed by atoms with Gasteiger partial charge < -0.3 is 15.8 Å². The quantitative estimate of drug-likeness (QED) is 0.367. The maximum absolute atomic E-state index is 12.7. The molecule has 1 aromatic heterocycles. The maximum atomic E-state index is 12.7. The Hall–Kier alpha value is -0.975. The second kappa shape index (κ2) is 3.62. The number of nitrogens with zero attached hydrogens (tertiary/aromatic N) is 1. The lowest BCUT2D eigenvalue weighted by Gasteiger charge is -2.02. The number of nitrogens with two attached hydrogens (primary N) is 1. The average Bonchev–Trinajstić information content (AvgIpc) is 2.05. The van der Waals surface area contributed by atoms with Crippen LogP contribution in [0.25, 0.3) is 0 Å². The summed E-state index contributed by atoms with van der Waals surface area (Å²) in [7, 11) is -1.64. The van der Waals surface area contributed by atoms with E-state index in [1.54, 1.807) is 0 Å². The van der Waals surface area contributed by atoms with Crippen LogP contribution >= 0.6 is 0 Å². The van der Waals surface area contributed by atoms with E-state index in [1.165, 1.54) is 6.07 Å². The van der Waals surface area contributed by atoms with Crippen LogP contribution in [0.4, 0.5) is 4.39 Å². The van der Waals surface area contributed by atoms with Crippen molar-refractivity contribution in [1.82, 2.24) is 4.98 Å². The molecule has 4 N–H and O–H groups in total. The third-order valence-electron chi connectivity index (χ3n) is 1.45. The fourth-order valence-corrected chi connectivity index (χ4v) is 0.796. The van der Waals surface area contributed by atoms with Crippen molar-refractivity contribution >= 4 is 12.6 Å². The van der Waals surface area contributed by atoms with Gasteiger partial charge in [0.2, 0.25) is 5.95 Å².